The van der Waals surface area contributed by atoms with Gasteiger partial charge in [-0.1, -0.05) is 68.8 Å². The molecule has 0 saturated carbocycles. The second-order valence-electron chi connectivity index (χ2n) is 7.88. The van der Waals surface area contributed by atoms with Gasteiger partial charge in [-0.15, -0.1) is 0 Å². The van der Waals surface area contributed by atoms with Gasteiger partial charge >= 0.3 is 0 Å². The van der Waals surface area contributed by atoms with Crippen LogP contribution in [-0.4, -0.2) is 19.4 Å². The number of morpholine rings is 1. The number of rotatable bonds is 4. The van der Waals surface area contributed by atoms with Crippen molar-refractivity contribution in [2.75, 3.05) is 13.2 Å². The Labute approximate surface area is 161 Å². The SMILES string of the molecule is CC(O[C@H]1OCCN[C@H]1c1ccccc1)c1cc(Cl)cc(C(C)(C)C)c1. The van der Waals surface area contributed by atoms with Crippen LogP contribution < -0.4 is 5.32 Å². The van der Waals surface area contributed by atoms with Crippen molar-refractivity contribution in [3.8, 4) is 0 Å². The molecule has 4 heteroatoms. The number of benzene rings is 2. The fourth-order valence-electron chi connectivity index (χ4n) is 3.19. The predicted molar refractivity (Wildman–Crippen MR) is 107 cm³/mol. The quantitative estimate of drug-likeness (QED) is 0.778. The Bertz CT molecular complexity index is 727. The number of halogens is 1. The van der Waals surface area contributed by atoms with Gasteiger partial charge in [-0.25, -0.2) is 0 Å². The molecule has 2 aromatic carbocycles. The van der Waals surface area contributed by atoms with Crippen molar-refractivity contribution >= 4 is 11.6 Å². The highest BCUT2D eigenvalue weighted by molar-refractivity contribution is 6.30. The maximum absolute atomic E-state index is 6.37. The molecule has 1 aliphatic heterocycles. The third kappa shape index (κ3) is 4.66. The topological polar surface area (TPSA) is 30.5 Å². The highest BCUT2D eigenvalue weighted by Crippen LogP contribution is 2.32. The van der Waals surface area contributed by atoms with E-state index in [1.54, 1.807) is 0 Å². The third-order valence-corrected chi connectivity index (χ3v) is 4.99. The lowest BCUT2D eigenvalue weighted by Gasteiger charge is -2.35. The molecule has 1 N–H and O–H groups in total. The first-order valence-corrected chi connectivity index (χ1v) is 9.59. The first kappa shape index (κ1) is 19.4. The van der Waals surface area contributed by atoms with Crippen molar-refractivity contribution in [2.45, 2.75) is 51.5 Å². The summed E-state index contributed by atoms with van der Waals surface area (Å²) >= 11 is 6.37. The van der Waals surface area contributed by atoms with Crippen LogP contribution in [0, 0.1) is 0 Å². The average molecular weight is 374 g/mol. The first-order valence-electron chi connectivity index (χ1n) is 9.21. The van der Waals surface area contributed by atoms with E-state index in [0.717, 1.165) is 17.1 Å². The van der Waals surface area contributed by atoms with Gasteiger partial charge in [0.15, 0.2) is 6.29 Å². The third-order valence-electron chi connectivity index (χ3n) is 4.77. The molecule has 0 aliphatic carbocycles. The molecule has 0 spiro atoms. The Morgan fingerprint density at radius 3 is 2.58 bits per heavy atom. The van der Waals surface area contributed by atoms with Gasteiger partial charge in [-0.05, 0) is 41.2 Å². The van der Waals surface area contributed by atoms with E-state index in [0.29, 0.717) is 6.61 Å². The van der Waals surface area contributed by atoms with E-state index in [4.69, 9.17) is 21.1 Å². The Morgan fingerprint density at radius 2 is 1.88 bits per heavy atom. The van der Waals surface area contributed by atoms with Crippen LogP contribution in [0.3, 0.4) is 0 Å². The van der Waals surface area contributed by atoms with E-state index in [1.165, 1.54) is 11.1 Å². The predicted octanol–water partition coefficient (Wildman–Crippen LogP) is 5.40. The fourth-order valence-corrected chi connectivity index (χ4v) is 3.44. The van der Waals surface area contributed by atoms with E-state index >= 15 is 0 Å². The second-order valence-corrected chi connectivity index (χ2v) is 8.32. The summed E-state index contributed by atoms with van der Waals surface area (Å²) in [6.07, 6.45) is -0.455. The van der Waals surface area contributed by atoms with Crippen molar-refractivity contribution in [3.05, 3.63) is 70.2 Å². The summed E-state index contributed by atoms with van der Waals surface area (Å²) in [6, 6.07) is 16.5. The molecular formula is C22H28ClNO2. The molecule has 0 amide bonds. The summed E-state index contributed by atoms with van der Waals surface area (Å²) in [5.41, 5.74) is 3.49. The maximum Gasteiger partial charge on any atom is 0.177 e. The van der Waals surface area contributed by atoms with Gasteiger partial charge in [-0.2, -0.15) is 0 Å². The van der Waals surface area contributed by atoms with Crippen LogP contribution >= 0.6 is 11.6 Å². The van der Waals surface area contributed by atoms with E-state index in [1.807, 2.05) is 30.3 Å². The van der Waals surface area contributed by atoms with E-state index in [2.05, 4.69) is 51.2 Å². The summed E-state index contributed by atoms with van der Waals surface area (Å²) in [6.45, 7) is 10.1. The molecule has 1 saturated heterocycles. The Morgan fingerprint density at radius 1 is 1.15 bits per heavy atom. The van der Waals surface area contributed by atoms with Crippen LogP contribution in [0.5, 0.6) is 0 Å². The average Bonchev–Trinajstić information content (AvgIpc) is 2.61. The van der Waals surface area contributed by atoms with Gasteiger partial charge in [0.25, 0.3) is 0 Å². The molecule has 3 atom stereocenters. The Balaban J connectivity index is 1.80. The molecule has 0 radical (unpaired) electrons. The van der Waals surface area contributed by atoms with Gasteiger partial charge in [0.2, 0.25) is 0 Å². The zero-order valence-corrected chi connectivity index (χ0v) is 16.7. The van der Waals surface area contributed by atoms with Crippen LogP contribution in [-0.2, 0) is 14.9 Å². The van der Waals surface area contributed by atoms with E-state index < -0.39 is 0 Å². The second kappa shape index (κ2) is 8.10. The molecule has 26 heavy (non-hydrogen) atoms. The highest BCUT2D eigenvalue weighted by atomic mass is 35.5. The molecule has 3 nitrogen and oxygen atoms in total. The Hall–Kier alpha value is -1.39. The van der Waals surface area contributed by atoms with Gasteiger partial charge in [-0.3, -0.25) is 0 Å². The molecule has 140 valence electrons. The summed E-state index contributed by atoms with van der Waals surface area (Å²) in [5.74, 6) is 0. The molecular weight excluding hydrogens is 346 g/mol. The highest BCUT2D eigenvalue weighted by Gasteiger charge is 2.30. The normalized spacial score (nSPS) is 22.2. The molecule has 1 fully saturated rings. The number of hydrogen-bond acceptors (Lipinski definition) is 3. The molecule has 1 heterocycles. The zero-order chi connectivity index (χ0) is 18.7. The lowest BCUT2D eigenvalue weighted by atomic mass is 9.86. The van der Waals surface area contributed by atoms with E-state index in [-0.39, 0.29) is 23.9 Å². The molecule has 1 unspecified atom stereocenters. The van der Waals surface area contributed by atoms with Crippen LogP contribution in [0.2, 0.25) is 5.02 Å². The fraction of sp³-hybridized carbons (Fsp3) is 0.455. The smallest absolute Gasteiger partial charge is 0.177 e. The summed E-state index contributed by atoms with van der Waals surface area (Å²) in [7, 11) is 0. The Kier molecular flexibility index (Phi) is 6.03. The van der Waals surface area contributed by atoms with Crippen molar-refractivity contribution in [1.29, 1.82) is 0 Å². The van der Waals surface area contributed by atoms with Crippen LogP contribution in [0.15, 0.2) is 48.5 Å². The number of hydrogen-bond donors (Lipinski definition) is 1. The van der Waals surface area contributed by atoms with E-state index in [9.17, 15) is 0 Å². The minimum absolute atomic E-state index is 0.0219. The van der Waals surface area contributed by atoms with Gasteiger partial charge in [0, 0.05) is 11.6 Å². The van der Waals surface area contributed by atoms with Gasteiger partial charge in [0.05, 0.1) is 18.8 Å². The molecule has 3 rings (SSSR count). The van der Waals surface area contributed by atoms with Crippen molar-refractivity contribution < 1.29 is 9.47 Å². The first-order chi connectivity index (χ1) is 12.3. The lowest BCUT2D eigenvalue weighted by molar-refractivity contribution is -0.200. The molecule has 0 aromatic heterocycles. The molecule has 1 aliphatic rings. The van der Waals surface area contributed by atoms with Crippen LogP contribution in [0.4, 0.5) is 0 Å². The summed E-state index contributed by atoms with van der Waals surface area (Å²) < 4.78 is 12.3. The van der Waals surface area contributed by atoms with Crippen molar-refractivity contribution in [2.24, 2.45) is 0 Å². The van der Waals surface area contributed by atoms with Crippen molar-refractivity contribution in [1.82, 2.24) is 5.32 Å². The largest absolute Gasteiger partial charge is 0.349 e. The van der Waals surface area contributed by atoms with Gasteiger partial charge < -0.3 is 14.8 Å². The lowest BCUT2D eigenvalue weighted by Crippen LogP contribution is -2.43. The summed E-state index contributed by atoms with van der Waals surface area (Å²) in [5, 5.41) is 4.25. The zero-order valence-electron chi connectivity index (χ0n) is 16.0. The van der Waals surface area contributed by atoms with Crippen LogP contribution in [0.25, 0.3) is 0 Å². The standard InChI is InChI=1S/C22H28ClNO2/c1-15(17-12-18(22(2,3)4)14-19(23)13-17)26-21-20(24-10-11-25-21)16-8-6-5-7-9-16/h5-9,12-15,20-21,24H,10-11H2,1-4H3/t15?,20-,21+/m0/s1. The van der Waals surface area contributed by atoms with Crippen LogP contribution in [0.1, 0.15) is 56.5 Å². The van der Waals surface area contributed by atoms with Gasteiger partial charge in [0.1, 0.15) is 0 Å². The number of ether oxygens (including phenoxy) is 2. The summed E-state index contributed by atoms with van der Waals surface area (Å²) in [4.78, 5) is 0. The minimum atomic E-state index is -0.335. The monoisotopic (exact) mass is 373 g/mol. The minimum Gasteiger partial charge on any atom is -0.349 e. The molecule has 2 aromatic rings. The molecule has 0 bridgehead atoms. The van der Waals surface area contributed by atoms with Crippen molar-refractivity contribution in [3.63, 3.8) is 0 Å². The maximum atomic E-state index is 6.37. The number of nitrogens with one attached hydrogen (secondary N) is 1.